The Kier molecular flexibility index (Phi) is 8.95. The lowest BCUT2D eigenvalue weighted by molar-refractivity contribution is -0.384. The number of nitro groups is 1. The van der Waals surface area contributed by atoms with Crippen LogP contribution in [0.3, 0.4) is 0 Å². The average Bonchev–Trinajstić information content (AvgIpc) is 2.91. The lowest BCUT2D eigenvalue weighted by atomic mass is 10.2. The fraction of sp³-hybridized carbons (Fsp3) is 0.192. The first kappa shape index (κ1) is 27.9. The van der Waals surface area contributed by atoms with E-state index in [0.29, 0.717) is 55.8 Å². The Morgan fingerprint density at radius 2 is 1.79 bits per heavy atom. The third-order valence-corrected chi connectivity index (χ3v) is 8.13. The Labute approximate surface area is 243 Å². The number of ether oxygens (including phenoxy) is 2. The molecule has 3 aromatic carbocycles. The van der Waals surface area contributed by atoms with Crippen LogP contribution in [0, 0.1) is 10.1 Å². The van der Waals surface area contributed by atoms with Crippen molar-refractivity contribution in [3.8, 4) is 11.5 Å². The summed E-state index contributed by atoms with van der Waals surface area (Å²) in [7, 11) is 0. The standard InChI is InChI=1S/C26H21Br3N4O5/c1-3-22-31-20-10-7-17(27)12-19(20)26(34)32(22)30-13-16-11-21(37-4-2)25(24(29)23(16)28)38-14-15-5-8-18(9-6-15)33(35)36/h5-13H,3-4,14H2,1-2H3. The number of nitrogens with zero attached hydrogens (tertiary/aromatic N) is 4. The smallest absolute Gasteiger partial charge is 0.282 e. The predicted molar refractivity (Wildman–Crippen MR) is 157 cm³/mol. The van der Waals surface area contributed by atoms with Crippen molar-refractivity contribution in [2.24, 2.45) is 5.10 Å². The minimum Gasteiger partial charge on any atom is -0.490 e. The molecule has 4 aromatic rings. The van der Waals surface area contributed by atoms with Crippen LogP contribution in [-0.2, 0) is 13.0 Å². The van der Waals surface area contributed by atoms with Crippen molar-refractivity contribution >= 4 is 70.6 Å². The minimum absolute atomic E-state index is 0.0101. The van der Waals surface area contributed by atoms with Crippen molar-refractivity contribution in [3.05, 3.63) is 99.4 Å². The number of aromatic nitrogens is 2. The van der Waals surface area contributed by atoms with Crippen LogP contribution in [-0.4, -0.2) is 27.4 Å². The molecule has 0 aliphatic heterocycles. The summed E-state index contributed by atoms with van der Waals surface area (Å²) in [5.74, 6) is 1.46. The monoisotopic (exact) mass is 706 g/mol. The molecule has 0 aliphatic carbocycles. The molecule has 1 heterocycles. The highest BCUT2D eigenvalue weighted by molar-refractivity contribution is 9.13. The number of rotatable bonds is 9. The Hall–Kier alpha value is -3.09. The first-order valence-electron chi connectivity index (χ1n) is 11.5. The molecule has 0 N–H and O–H groups in total. The van der Waals surface area contributed by atoms with E-state index in [1.54, 1.807) is 36.5 Å². The van der Waals surface area contributed by atoms with E-state index in [1.165, 1.54) is 16.8 Å². The molecule has 0 unspecified atom stereocenters. The first-order chi connectivity index (χ1) is 18.2. The molecule has 0 aliphatic rings. The molecule has 0 saturated heterocycles. The number of aryl methyl sites for hydroxylation is 1. The van der Waals surface area contributed by atoms with Gasteiger partial charge in [-0.1, -0.05) is 22.9 Å². The lowest BCUT2D eigenvalue weighted by Crippen LogP contribution is -2.22. The van der Waals surface area contributed by atoms with E-state index < -0.39 is 4.92 Å². The Bertz CT molecular complexity index is 1600. The van der Waals surface area contributed by atoms with Crippen LogP contribution in [0.4, 0.5) is 5.69 Å². The van der Waals surface area contributed by atoms with Gasteiger partial charge in [-0.25, -0.2) is 4.98 Å². The van der Waals surface area contributed by atoms with Gasteiger partial charge < -0.3 is 9.47 Å². The predicted octanol–water partition coefficient (Wildman–Crippen LogP) is 7.01. The number of benzene rings is 3. The third-order valence-electron chi connectivity index (χ3n) is 5.49. The molecule has 9 nitrogen and oxygen atoms in total. The van der Waals surface area contributed by atoms with Gasteiger partial charge in [0, 0.05) is 33.1 Å². The molecule has 0 spiro atoms. The number of fused-ring (bicyclic) bond motifs is 1. The summed E-state index contributed by atoms with van der Waals surface area (Å²) < 4.78 is 15.2. The molecule has 0 bridgehead atoms. The maximum absolute atomic E-state index is 13.2. The molecule has 38 heavy (non-hydrogen) atoms. The molecule has 0 amide bonds. The van der Waals surface area contributed by atoms with E-state index in [9.17, 15) is 14.9 Å². The summed E-state index contributed by atoms with van der Waals surface area (Å²) >= 11 is 10.6. The molecule has 12 heteroatoms. The highest BCUT2D eigenvalue weighted by Gasteiger charge is 2.18. The Morgan fingerprint density at radius 3 is 2.45 bits per heavy atom. The second-order valence-corrected chi connectivity index (χ2v) is 10.5. The van der Waals surface area contributed by atoms with E-state index in [2.05, 4.69) is 57.9 Å². The summed E-state index contributed by atoms with van der Waals surface area (Å²) in [5.41, 5.74) is 1.75. The number of non-ortho nitro benzene ring substituents is 1. The second-order valence-electron chi connectivity index (χ2n) is 7.97. The quantitative estimate of drug-likeness (QED) is 0.105. The molecule has 0 radical (unpaired) electrons. The van der Waals surface area contributed by atoms with E-state index in [4.69, 9.17) is 9.47 Å². The van der Waals surface area contributed by atoms with Gasteiger partial charge in [0.25, 0.3) is 11.2 Å². The molecule has 0 fully saturated rings. The zero-order chi connectivity index (χ0) is 27.4. The molecular weight excluding hydrogens is 688 g/mol. The fourth-order valence-electron chi connectivity index (χ4n) is 3.63. The van der Waals surface area contributed by atoms with Crippen molar-refractivity contribution in [1.82, 2.24) is 9.66 Å². The topological polar surface area (TPSA) is 109 Å². The number of nitro benzene ring substituents is 1. The maximum atomic E-state index is 13.2. The van der Waals surface area contributed by atoms with Crippen LogP contribution in [0.25, 0.3) is 10.9 Å². The van der Waals surface area contributed by atoms with E-state index >= 15 is 0 Å². The third kappa shape index (κ3) is 5.97. The Balaban J connectivity index is 1.69. The molecule has 4 rings (SSSR count). The van der Waals surface area contributed by atoms with Crippen LogP contribution < -0.4 is 15.0 Å². The molecule has 0 saturated carbocycles. The van der Waals surface area contributed by atoms with E-state index in [-0.39, 0.29) is 17.9 Å². The minimum atomic E-state index is -0.448. The number of hydrogen-bond acceptors (Lipinski definition) is 7. The van der Waals surface area contributed by atoms with Crippen molar-refractivity contribution in [1.29, 1.82) is 0 Å². The SMILES string of the molecule is CCOc1cc(C=Nn2c(CC)nc3ccc(Br)cc3c2=O)c(Br)c(Br)c1OCc1ccc([N+](=O)[O-])cc1. The average molecular weight is 709 g/mol. The van der Waals surface area contributed by atoms with Crippen LogP contribution in [0.1, 0.15) is 30.8 Å². The van der Waals surface area contributed by atoms with Gasteiger partial charge in [-0.2, -0.15) is 9.78 Å². The highest BCUT2D eigenvalue weighted by atomic mass is 79.9. The van der Waals surface area contributed by atoms with Gasteiger partial charge in [0.1, 0.15) is 12.4 Å². The van der Waals surface area contributed by atoms with Crippen molar-refractivity contribution in [3.63, 3.8) is 0 Å². The number of hydrogen-bond donors (Lipinski definition) is 0. The van der Waals surface area contributed by atoms with E-state index in [1.807, 2.05) is 19.9 Å². The number of halogens is 3. The first-order valence-corrected chi connectivity index (χ1v) is 13.9. The summed E-state index contributed by atoms with van der Waals surface area (Å²) in [6, 6.07) is 13.3. The Morgan fingerprint density at radius 1 is 1.05 bits per heavy atom. The molecule has 196 valence electrons. The fourth-order valence-corrected chi connectivity index (χ4v) is 4.92. The van der Waals surface area contributed by atoms with Gasteiger partial charge in [0.2, 0.25) is 0 Å². The van der Waals surface area contributed by atoms with Crippen LogP contribution >= 0.6 is 47.8 Å². The van der Waals surface area contributed by atoms with Crippen LogP contribution in [0.15, 0.2) is 71.8 Å². The van der Waals surface area contributed by atoms with E-state index in [0.717, 1.165) is 10.0 Å². The molecule has 1 aromatic heterocycles. The highest BCUT2D eigenvalue weighted by Crippen LogP contribution is 2.43. The van der Waals surface area contributed by atoms with Crippen LogP contribution in [0.2, 0.25) is 0 Å². The van der Waals surface area contributed by atoms with Gasteiger partial charge in [0.05, 0.1) is 33.1 Å². The van der Waals surface area contributed by atoms with Gasteiger partial charge in [-0.05, 0) is 80.7 Å². The van der Waals surface area contributed by atoms with Gasteiger partial charge in [-0.3, -0.25) is 14.9 Å². The summed E-state index contributed by atoms with van der Waals surface area (Å²) in [6.07, 6.45) is 2.08. The lowest BCUT2D eigenvalue weighted by Gasteiger charge is -2.16. The summed E-state index contributed by atoms with van der Waals surface area (Å²) in [6.45, 7) is 4.33. The largest absolute Gasteiger partial charge is 0.490 e. The normalized spacial score (nSPS) is 11.3. The van der Waals surface area contributed by atoms with Gasteiger partial charge >= 0.3 is 0 Å². The van der Waals surface area contributed by atoms with Gasteiger partial charge in [0.15, 0.2) is 11.5 Å². The zero-order valence-corrected chi connectivity index (χ0v) is 25.0. The van der Waals surface area contributed by atoms with Crippen molar-refractivity contribution < 1.29 is 14.4 Å². The second kappa shape index (κ2) is 12.2. The van der Waals surface area contributed by atoms with Gasteiger partial charge in [-0.15, -0.1) is 0 Å². The molecule has 0 atom stereocenters. The summed E-state index contributed by atoms with van der Waals surface area (Å²) in [5, 5.41) is 15.8. The summed E-state index contributed by atoms with van der Waals surface area (Å²) in [4.78, 5) is 28.3. The zero-order valence-electron chi connectivity index (χ0n) is 20.3. The van der Waals surface area contributed by atoms with Crippen molar-refractivity contribution in [2.45, 2.75) is 26.9 Å². The maximum Gasteiger partial charge on any atom is 0.282 e. The van der Waals surface area contributed by atoms with Crippen LogP contribution in [0.5, 0.6) is 11.5 Å². The van der Waals surface area contributed by atoms with Crippen molar-refractivity contribution in [2.75, 3.05) is 6.61 Å². The molecular formula is C26H21Br3N4O5.